The number of benzene rings is 1. The Hall–Kier alpha value is -1.35. The number of halogens is 1. The molecule has 0 spiro atoms. The highest BCUT2D eigenvalue weighted by Gasteiger charge is 2.24. The second-order valence-electron chi connectivity index (χ2n) is 5.60. The van der Waals surface area contributed by atoms with Crippen molar-refractivity contribution < 1.29 is 0 Å². The monoisotopic (exact) mass is 263 g/mol. The Labute approximate surface area is 113 Å². The maximum absolute atomic E-state index is 6.20. The van der Waals surface area contributed by atoms with Crippen molar-refractivity contribution in [1.29, 1.82) is 0 Å². The average molecular weight is 264 g/mol. The Balaban J connectivity index is 2.72. The quantitative estimate of drug-likeness (QED) is 0.783. The molecular weight excluding hydrogens is 246 g/mol. The van der Waals surface area contributed by atoms with E-state index in [1.807, 2.05) is 16.7 Å². The lowest BCUT2D eigenvalue weighted by Crippen LogP contribution is -2.19. The molecule has 0 amide bonds. The summed E-state index contributed by atoms with van der Waals surface area (Å²) in [7, 11) is 0. The molecule has 0 saturated heterocycles. The van der Waals surface area contributed by atoms with Gasteiger partial charge in [0.05, 0.1) is 5.69 Å². The molecule has 4 heteroatoms. The first-order chi connectivity index (χ1) is 8.32. The van der Waals surface area contributed by atoms with E-state index in [1.165, 1.54) is 11.1 Å². The summed E-state index contributed by atoms with van der Waals surface area (Å²) in [6.45, 7) is 10.5. The van der Waals surface area contributed by atoms with Crippen LogP contribution in [0.2, 0.25) is 5.28 Å². The molecule has 0 aliphatic heterocycles. The van der Waals surface area contributed by atoms with Crippen molar-refractivity contribution >= 4 is 11.6 Å². The maximum Gasteiger partial charge on any atom is 0.229 e. The molecular formula is C14H18ClN3. The third-order valence-electron chi connectivity index (χ3n) is 3.11. The Kier molecular flexibility index (Phi) is 3.20. The van der Waals surface area contributed by atoms with E-state index in [0.29, 0.717) is 5.28 Å². The van der Waals surface area contributed by atoms with Crippen LogP contribution < -0.4 is 0 Å². The maximum atomic E-state index is 6.20. The third-order valence-corrected chi connectivity index (χ3v) is 3.36. The Morgan fingerprint density at radius 2 is 1.78 bits per heavy atom. The normalized spacial score (nSPS) is 11.9. The van der Waals surface area contributed by atoms with E-state index in [-0.39, 0.29) is 5.41 Å². The van der Waals surface area contributed by atoms with Crippen molar-refractivity contribution in [2.45, 2.75) is 40.0 Å². The summed E-state index contributed by atoms with van der Waals surface area (Å²) in [6.07, 6.45) is 0. The van der Waals surface area contributed by atoms with E-state index in [9.17, 15) is 0 Å². The fraction of sp³-hybridized carbons (Fsp3) is 0.429. The van der Waals surface area contributed by atoms with Crippen LogP contribution in [0, 0.1) is 13.8 Å². The first-order valence-electron chi connectivity index (χ1n) is 6.00. The Bertz CT molecular complexity index is 579. The van der Waals surface area contributed by atoms with Gasteiger partial charge in [0.1, 0.15) is 5.82 Å². The SMILES string of the molecule is Cc1cccc(-n2c(Cl)nnc2C(C)(C)C)c1C. The number of rotatable bonds is 1. The lowest BCUT2D eigenvalue weighted by molar-refractivity contribution is 0.533. The number of hydrogen-bond acceptors (Lipinski definition) is 2. The number of aryl methyl sites for hydroxylation is 1. The minimum absolute atomic E-state index is 0.101. The van der Waals surface area contributed by atoms with Crippen LogP contribution in [0.4, 0.5) is 0 Å². The highest BCUT2D eigenvalue weighted by Crippen LogP contribution is 2.28. The van der Waals surface area contributed by atoms with Gasteiger partial charge in [-0.1, -0.05) is 32.9 Å². The van der Waals surface area contributed by atoms with Crippen molar-refractivity contribution in [1.82, 2.24) is 14.8 Å². The zero-order valence-electron chi connectivity index (χ0n) is 11.5. The summed E-state index contributed by atoms with van der Waals surface area (Å²) in [4.78, 5) is 0. The van der Waals surface area contributed by atoms with Crippen LogP contribution in [0.15, 0.2) is 18.2 Å². The van der Waals surface area contributed by atoms with Crippen molar-refractivity contribution in [3.05, 3.63) is 40.4 Å². The molecule has 0 fully saturated rings. The molecule has 3 nitrogen and oxygen atoms in total. The highest BCUT2D eigenvalue weighted by atomic mass is 35.5. The summed E-state index contributed by atoms with van der Waals surface area (Å²) in [5, 5.41) is 8.63. The predicted molar refractivity (Wildman–Crippen MR) is 74.5 cm³/mol. The molecule has 2 rings (SSSR count). The van der Waals surface area contributed by atoms with Gasteiger partial charge in [0.25, 0.3) is 0 Å². The standard InChI is InChI=1S/C14H18ClN3/c1-9-7-6-8-11(10(9)2)18-12(14(3,4)5)16-17-13(18)15/h6-8H,1-5H3. The second kappa shape index (κ2) is 4.39. The van der Waals surface area contributed by atoms with E-state index in [4.69, 9.17) is 11.6 Å². The Morgan fingerprint density at radius 3 is 2.39 bits per heavy atom. The molecule has 96 valence electrons. The number of nitrogens with zero attached hydrogens (tertiary/aromatic N) is 3. The molecule has 0 aliphatic rings. The van der Waals surface area contributed by atoms with Gasteiger partial charge in [-0.3, -0.25) is 4.57 Å². The topological polar surface area (TPSA) is 30.7 Å². The zero-order chi connectivity index (χ0) is 13.5. The van der Waals surface area contributed by atoms with E-state index in [2.05, 4.69) is 50.9 Å². The van der Waals surface area contributed by atoms with Crippen LogP contribution in [0.1, 0.15) is 37.7 Å². The van der Waals surface area contributed by atoms with Gasteiger partial charge in [-0.15, -0.1) is 10.2 Å². The van der Waals surface area contributed by atoms with Gasteiger partial charge in [0.15, 0.2) is 0 Å². The van der Waals surface area contributed by atoms with Crippen molar-refractivity contribution in [2.75, 3.05) is 0 Å². The largest absolute Gasteiger partial charge is 0.269 e. The van der Waals surface area contributed by atoms with Crippen LogP contribution in [0.3, 0.4) is 0 Å². The molecule has 2 aromatic rings. The van der Waals surface area contributed by atoms with Crippen LogP contribution in [-0.2, 0) is 5.41 Å². The molecule has 0 atom stereocenters. The van der Waals surface area contributed by atoms with Crippen molar-refractivity contribution in [3.8, 4) is 5.69 Å². The smallest absolute Gasteiger partial charge is 0.229 e. The molecule has 18 heavy (non-hydrogen) atoms. The molecule has 0 unspecified atom stereocenters. The van der Waals surface area contributed by atoms with Gasteiger partial charge in [-0.05, 0) is 42.6 Å². The average Bonchev–Trinajstić information content (AvgIpc) is 2.64. The predicted octanol–water partition coefficient (Wildman–Crippen LogP) is 3.84. The van der Waals surface area contributed by atoms with Gasteiger partial charge in [-0.25, -0.2) is 0 Å². The number of aromatic nitrogens is 3. The number of hydrogen-bond donors (Lipinski definition) is 0. The van der Waals surface area contributed by atoms with Crippen LogP contribution in [-0.4, -0.2) is 14.8 Å². The third kappa shape index (κ3) is 2.15. The zero-order valence-corrected chi connectivity index (χ0v) is 12.2. The molecule has 1 aromatic heterocycles. The minimum atomic E-state index is -0.101. The summed E-state index contributed by atoms with van der Waals surface area (Å²) in [5.41, 5.74) is 3.38. The lowest BCUT2D eigenvalue weighted by Gasteiger charge is -2.20. The molecule has 0 radical (unpaired) electrons. The first-order valence-corrected chi connectivity index (χ1v) is 6.38. The highest BCUT2D eigenvalue weighted by molar-refractivity contribution is 6.28. The van der Waals surface area contributed by atoms with Gasteiger partial charge in [-0.2, -0.15) is 0 Å². The van der Waals surface area contributed by atoms with Gasteiger partial charge in [0.2, 0.25) is 5.28 Å². The fourth-order valence-corrected chi connectivity index (χ4v) is 2.15. The van der Waals surface area contributed by atoms with Crippen LogP contribution in [0.25, 0.3) is 5.69 Å². The van der Waals surface area contributed by atoms with Crippen LogP contribution in [0.5, 0.6) is 0 Å². The first kappa shape index (κ1) is 13.1. The molecule has 0 aliphatic carbocycles. The molecule has 1 aromatic carbocycles. The molecule has 0 saturated carbocycles. The summed E-state index contributed by atoms with van der Waals surface area (Å²) in [6, 6.07) is 6.17. The summed E-state index contributed by atoms with van der Waals surface area (Å²) in [5.74, 6) is 0.876. The molecule has 1 heterocycles. The van der Waals surface area contributed by atoms with E-state index >= 15 is 0 Å². The lowest BCUT2D eigenvalue weighted by atomic mass is 9.95. The van der Waals surface area contributed by atoms with E-state index in [1.54, 1.807) is 0 Å². The van der Waals surface area contributed by atoms with Gasteiger partial charge in [0, 0.05) is 5.41 Å². The minimum Gasteiger partial charge on any atom is -0.269 e. The van der Waals surface area contributed by atoms with Crippen molar-refractivity contribution in [3.63, 3.8) is 0 Å². The van der Waals surface area contributed by atoms with E-state index < -0.39 is 0 Å². The molecule has 0 N–H and O–H groups in total. The van der Waals surface area contributed by atoms with Crippen LogP contribution >= 0.6 is 11.6 Å². The molecule has 0 bridgehead atoms. The van der Waals surface area contributed by atoms with Crippen molar-refractivity contribution in [2.24, 2.45) is 0 Å². The Morgan fingerprint density at radius 1 is 1.11 bits per heavy atom. The van der Waals surface area contributed by atoms with Gasteiger partial charge < -0.3 is 0 Å². The summed E-state index contributed by atoms with van der Waals surface area (Å²) >= 11 is 6.20. The van der Waals surface area contributed by atoms with E-state index in [0.717, 1.165) is 11.5 Å². The second-order valence-corrected chi connectivity index (χ2v) is 5.94. The van der Waals surface area contributed by atoms with Gasteiger partial charge >= 0.3 is 0 Å². The fourth-order valence-electron chi connectivity index (χ4n) is 1.94. The summed E-state index contributed by atoms with van der Waals surface area (Å²) < 4.78 is 1.93.